The Morgan fingerprint density at radius 3 is 2.44 bits per heavy atom. The molecular formula is C17H27F2IN4O. The molecule has 0 aliphatic carbocycles. The van der Waals surface area contributed by atoms with Gasteiger partial charge < -0.3 is 16.0 Å². The molecule has 0 aliphatic rings. The second-order valence-corrected chi connectivity index (χ2v) is 6.20. The van der Waals surface area contributed by atoms with Gasteiger partial charge in [-0.2, -0.15) is 0 Å². The minimum atomic E-state index is -0.627. The third-order valence-corrected chi connectivity index (χ3v) is 3.66. The van der Waals surface area contributed by atoms with Gasteiger partial charge in [-0.05, 0) is 33.8 Å². The Morgan fingerprint density at radius 1 is 1.28 bits per heavy atom. The van der Waals surface area contributed by atoms with Gasteiger partial charge in [0.25, 0.3) is 0 Å². The Morgan fingerprint density at radius 2 is 1.92 bits per heavy atom. The van der Waals surface area contributed by atoms with Crippen LogP contribution >= 0.6 is 24.0 Å². The summed E-state index contributed by atoms with van der Waals surface area (Å²) in [6, 6.07) is 3.05. The summed E-state index contributed by atoms with van der Waals surface area (Å²) in [4.78, 5) is 16.1. The van der Waals surface area contributed by atoms with E-state index in [9.17, 15) is 13.6 Å². The largest absolute Gasteiger partial charge is 0.356 e. The van der Waals surface area contributed by atoms with E-state index in [4.69, 9.17) is 0 Å². The lowest BCUT2D eigenvalue weighted by Crippen LogP contribution is -2.48. The van der Waals surface area contributed by atoms with E-state index >= 15 is 0 Å². The monoisotopic (exact) mass is 468 g/mol. The summed E-state index contributed by atoms with van der Waals surface area (Å²) >= 11 is 0. The molecule has 0 saturated heterocycles. The van der Waals surface area contributed by atoms with Crippen molar-refractivity contribution in [3.8, 4) is 0 Å². The third-order valence-electron chi connectivity index (χ3n) is 3.66. The highest BCUT2D eigenvalue weighted by Gasteiger charge is 2.27. The average Bonchev–Trinajstić information content (AvgIpc) is 2.51. The van der Waals surface area contributed by atoms with Gasteiger partial charge in [0, 0.05) is 31.8 Å². The van der Waals surface area contributed by atoms with Gasteiger partial charge in [0.05, 0.1) is 11.5 Å². The summed E-state index contributed by atoms with van der Waals surface area (Å²) in [5.74, 6) is -0.864. The van der Waals surface area contributed by atoms with Gasteiger partial charge in [0.1, 0.15) is 11.6 Å². The van der Waals surface area contributed by atoms with Crippen molar-refractivity contribution in [2.45, 2.75) is 33.7 Å². The highest BCUT2D eigenvalue weighted by molar-refractivity contribution is 14.0. The lowest BCUT2D eigenvalue weighted by atomic mass is 9.92. The van der Waals surface area contributed by atoms with Crippen LogP contribution in [0.4, 0.5) is 8.78 Å². The minimum Gasteiger partial charge on any atom is -0.356 e. The lowest BCUT2D eigenvalue weighted by molar-refractivity contribution is -0.128. The second-order valence-electron chi connectivity index (χ2n) is 6.20. The van der Waals surface area contributed by atoms with Crippen molar-refractivity contribution in [3.05, 3.63) is 35.4 Å². The number of aliphatic imine (C=N–C) groups is 1. The van der Waals surface area contributed by atoms with Crippen LogP contribution in [0.2, 0.25) is 0 Å². The molecule has 1 rings (SSSR count). The Labute approximate surface area is 165 Å². The molecule has 0 heterocycles. The summed E-state index contributed by atoms with van der Waals surface area (Å²) < 4.78 is 26.8. The van der Waals surface area contributed by atoms with E-state index in [2.05, 4.69) is 20.9 Å². The molecule has 0 saturated carbocycles. The molecule has 1 atom stereocenters. The summed E-state index contributed by atoms with van der Waals surface area (Å²) in [5, 5.41) is 8.88. The quantitative estimate of drug-likeness (QED) is 0.342. The topological polar surface area (TPSA) is 65.5 Å². The highest BCUT2D eigenvalue weighted by atomic mass is 127. The van der Waals surface area contributed by atoms with Crippen LogP contribution in [0.5, 0.6) is 0 Å². The molecule has 1 aromatic rings. The minimum absolute atomic E-state index is 0. The Bertz CT molecular complexity index is 608. The fourth-order valence-corrected chi connectivity index (χ4v) is 2.11. The number of amides is 1. The first-order valence-electron chi connectivity index (χ1n) is 7.91. The van der Waals surface area contributed by atoms with Gasteiger partial charge in [-0.1, -0.05) is 6.07 Å². The van der Waals surface area contributed by atoms with Gasteiger partial charge in [0.2, 0.25) is 5.91 Å². The van der Waals surface area contributed by atoms with Crippen LogP contribution in [0.1, 0.15) is 39.3 Å². The molecule has 0 bridgehead atoms. The van der Waals surface area contributed by atoms with Crippen LogP contribution in [-0.4, -0.2) is 32.0 Å². The van der Waals surface area contributed by atoms with Crippen LogP contribution in [0.25, 0.3) is 0 Å². The molecule has 1 aromatic carbocycles. The predicted molar refractivity (Wildman–Crippen MR) is 107 cm³/mol. The molecule has 5 nitrogen and oxygen atoms in total. The fraction of sp³-hybridized carbons (Fsp3) is 0.529. The highest BCUT2D eigenvalue weighted by Crippen LogP contribution is 2.18. The number of rotatable bonds is 6. The molecule has 8 heteroatoms. The van der Waals surface area contributed by atoms with Crippen LogP contribution in [0, 0.1) is 17.0 Å². The van der Waals surface area contributed by atoms with E-state index in [-0.39, 0.29) is 29.9 Å². The SMILES string of the molecule is CCNC(=O)C(C)(C)CNC(=NC)NC(C)c1ccc(F)cc1F.I. The number of benzene rings is 1. The summed E-state index contributed by atoms with van der Waals surface area (Å²) in [6.07, 6.45) is 0. The number of hydrogen-bond acceptors (Lipinski definition) is 2. The van der Waals surface area contributed by atoms with Gasteiger partial charge in [-0.15, -0.1) is 24.0 Å². The number of carbonyl (C=O) groups is 1. The second kappa shape index (κ2) is 10.5. The van der Waals surface area contributed by atoms with E-state index in [1.54, 1.807) is 14.0 Å². The smallest absolute Gasteiger partial charge is 0.227 e. The zero-order chi connectivity index (χ0) is 18.3. The van der Waals surface area contributed by atoms with Crippen molar-refractivity contribution < 1.29 is 13.6 Å². The maximum atomic E-state index is 13.8. The first-order chi connectivity index (χ1) is 11.2. The van der Waals surface area contributed by atoms with Gasteiger partial charge in [-0.25, -0.2) is 8.78 Å². The van der Waals surface area contributed by atoms with Gasteiger partial charge >= 0.3 is 0 Å². The van der Waals surface area contributed by atoms with Crippen LogP contribution < -0.4 is 16.0 Å². The summed E-state index contributed by atoms with van der Waals surface area (Å²) in [7, 11) is 1.59. The number of carbonyl (C=O) groups excluding carboxylic acids is 1. The summed E-state index contributed by atoms with van der Waals surface area (Å²) in [5.41, 5.74) is -0.291. The van der Waals surface area contributed by atoms with Crippen molar-refractivity contribution in [3.63, 3.8) is 0 Å². The number of guanidine groups is 1. The Hall–Kier alpha value is -1.45. The molecule has 25 heavy (non-hydrogen) atoms. The molecule has 0 spiro atoms. The van der Waals surface area contributed by atoms with Crippen molar-refractivity contribution >= 4 is 35.8 Å². The first-order valence-corrected chi connectivity index (χ1v) is 7.91. The van der Waals surface area contributed by atoms with E-state index in [1.807, 2.05) is 20.8 Å². The fourth-order valence-electron chi connectivity index (χ4n) is 2.11. The van der Waals surface area contributed by atoms with Gasteiger partial charge in [0.15, 0.2) is 5.96 Å². The standard InChI is InChI=1S/C17H26F2N4O.HI/c1-6-21-15(24)17(3,4)10-22-16(20-5)23-11(2)13-8-7-12(18)9-14(13)19;/h7-9,11H,6,10H2,1-5H3,(H,21,24)(H2,20,22,23);1H. The zero-order valence-corrected chi connectivity index (χ0v) is 17.6. The molecule has 142 valence electrons. The van der Waals surface area contributed by atoms with Gasteiger partial charge in [-0.3, -0.25) is 9.79 Å². The van der Waals surface area contributed by atoms with E-state index in [0.29, 0.717) is 24.6 Å². The third kappa shape index (κ3) is 7.13. The van der Waals surface area contributed by atoms with E-state index in [1.165, 1.54) is 12.1 Å². The van der Waals surface area contributed by atoms with Crippen molar-refractivity contribution in [2.24, 2.45) is 10.4 Å². The van der Waals surface area contributed by atoms with E-state index < -0.39 is 23.1 Å². The summed E-state index contributed by atoms with van der Waals surface area (Å²) in [6.45, 7) is 8.18. The number of halogens is 3. The molecular weight excluding hydrogens is 441 g/mol. The Kier molecular flexibility index (Phi) is 9.91. The maximum Gasteiger partial charge on any atom is 0.227 e. The van der Waals surface area contributed by atoms with Crippen molar-refractivity contribution in [1.29, 1.82) is 0 Å². The van der Waals surface area contributed by atoms with Crippen LogP contribution in [-0.2, 0) is 4.79 Å². The molecule has 1 unspecified atom stereocenters. The number of nitrogens with one attached hydrogen (secondary N) is 3. The molecule has 3 N–H and O–H groups in total. The van der Waals surface area contributed by atoms with Crippen LogP contribution in [0.3, 0.4) is 0 Å². The number of nitrogens with zero attached hydrogens (tertiary/aromatic N) is 1. The molecule has 1 amide bonds. The molecule has 0 fully saturated rings. The zero-order valence-electron chi connectivity index (χ0n) is 15.2. The molecule has 0 aromatic heterocycles. The van der Waals surface area contributed by atoms with E-state index in [0.717, 1.165) is 6.07 Å². The first kappa shape index (κ1) is 23.5. The predicted octanol–water partition coefficient (Wildman–Crippen LogP) is 2.97. The molecule has 0 radical (unpaired) electrons. The molecule has 0 aliphatic heterocycles. The number of hydrogen-bond donors (Lipinski definition) is 3. The Balaban J connectivity index is 0.00000576. The van der Waals surface area contributed by atoms with Crippen molar-refractivity contribution in [2.75, 3.05) is 20.1 Å². The van der Waals surface area contributed by atoms with Crippen molar-refractivity contribution in [1.82, 2.24) is 16.0 Å². The normalized spacial score (nSPS) is 12.8. The maximum absolute atomic E-state index is 13.8. The lowest BCUT2D eigenvalue weighted by Gasteiger charge is -2.26. The average molecular weight is 468 g/mol. The van der Waals surface area contributed by atoms with Crippen LogP contribution in [0.15, 0.2) is 23.2 Å².